The molecule has 2 unspecified atom stereocenters. The van der Waals surface area contributed by atoms with Crippen molar-refractivity contribution in [3.05, 3.63) is 35.4 Å². The van der Waals surface area contributed by atoms with Gasteiger partial charge in [0.05, 0.1) is 5.56 Å². The van der Waals surface area contributed by atoms with E-state index in [2.05, 4.69) is 12.2 Å². The Morgan fingerprint density at radius 2 is 1.95 bits per heavy atom. The number of benzene rings is 1. The molecule has 4 heteroatoms. The van der Waals surface area contributed by atoms with Gasteiger partial charge in [-0.15, -0.1) is 0 Å². The maximum absolute atomic E-state index is 12.7. The van der Waals surface area contributed by atoms with Gasteiger partial charge in [-0.2, -0.15) is 13.2 Å². The standard InChI is InChI=1S/C16H22F3N/c1-2-20-11-14-7-4-6-13(14)9-12-5-3-8-15(10-12)16(17,18)19/h3,5,8,10,13-14,20H,2,4,6-7,9,11H2,1H3. The molecule has 1 aromatic carbocycles. The van der Waals surface area contributed by atoms with Gasteiger partial charge in [0.2, 0.25) is 0 Å². The molecule has 1 aliphatic rings. The second-order valence-corrected chi connectivity index (χ2v) is 5.66. The summed E-state index contributed by atoms with van der Waals surface area (Å²) in [7, 11) is 0. The normalized spacial score (nSPS) is 23.2. The number of rotatable bonds is 5. The van der Waals surface area contributed by atoms with Crippen LogP contribution < -0.4 is 5.32 Å². The summed E-state index contributed by atoms with van der Waals surface area (Å²) in [6.45, 7) is 4.02. The van der Waals surface area contributed by atoms with Crippen molar-refractivity contribution in [1.82, 2.24) is 5.32 Å². The molecule has 0 aliphatic heterocycles. The van der Waals surface area contributed by atoms with Crippen LogP contribution in [-0.4, -0.2) is 13.1 Å². The van der Waals surface area contributed by atoms with Gasteiger partial charge in [-0.05, 0) is 55.8 Å². The highest BCUT2D eigenvalue weighted by molar-refractivity contribution is 5.26. The summed E-state index contributed by atoms with van der Waals surface area (Å²) in [6, 6.07) is 5.79. The van der Waals surface area contributed by atoms with Gasteiger partial charge in [-0.1, -0.05) is 31.5 Å². The van der Waals surface area contributed by atoms with Gasteiger partial charge in [-0.3, -0.25) is 0 Å². The quantitative estimate of drug-likeness (QED) is 0.851. The molecule has 0 heterocycles. The zero-order valence-corrected chi connectivity index (χ0v) is 11.8. The summed E-state index contributed by atoms with van der Waals surface area (Å²) in [6.07, 6.45) is 0.0391. The molecule has 0 saturated heterocycles. The van der Waals surface area contributed by atoms with Crippen molar-refractivity contribution in [1.29, 1.82) is 0 Å². The summed E-state index contributed by atoms with van der Waals surface area (Å²) >= 11 is 0. The van der Waals surface area contributed by atoms with E-state index < -0.39 is 11.7 Å². The molecule has 1 nitrogen and oxygen atoms in total. The third-order valence-corrected chi connectivity index (χ3v) is 4.23. The van der Waals surface area contributed by atoms with Crippen LogP contribution >= 0.6 is 0 Å². The SMILES string of the molecule is CCNCC1CCCC1Cc1cccc(C(F)(F)F)c1. The lowest BCUT2D eigenvalue weighted by molar-refractivity contribution is -0.137. The first kappa shape index (κ1) is 15.4. The Labute approximate surface area is 118 Å². The summed E-state index contributed by atoms with van der Waals surface area (Å²) in [4.78, 5) is 0. The minimum Gasteiger partial charge on any atom is -0.317 e. The monoisotopic (exact) mass is 285 g/mol. The Kier molecular flexibility index (Phi) is 5.08. The van der Waals surface area contributed by atoms with E-state index in [1.807, 2.05) is 6.07 Å². The highest BCUT2D eigenvalue weighted by Gasteiger charge is 2.31. The van der Waals surface area contributed by atoms with Crippen molar-refractivity contribution in [2.45, 2.75) is 38.8 Å². The van der Waals surface area contributed by atoms with Gasteiger partial charge < -0.3 is 5.32 Å². The van der Waals surface area contributed by atoms with Crippen LogP contribution in [0.4, 0.5) is 13.2 Å². The van der Waals surface area contributed by atoms with Crippen molar-refractivity contribution < 1.29 is 13.2 Å². The zero-order chi connectivity index (χ0) is 14.6. The Hall–Kier alpha value is -1.03. The van der Waals surface area contributed by atoms with E-state index >= 15 is 0 Å². The van der Waals surface area contributed by atoms with Crippen LogP contribution in [-0.2, 0) is 12.6 Å². The highest BCUT2D eigenvalue weighted by Crippen LogP contribution is 2.35. The number of halogens is 3. The van der Waals surface area contributed by atoms with Crippen molar-refractivity contribution in [2.24, 2.45) is 11.8 Å². The first-order valence-corrected chi connectivity index (χ1v) is 7.37. The molecule has 0 aromatic heterocycles. The average Bonchev–Trinajstić information content (AvgIpc) is 2.83. The Morgan fingerprint density at radius 1 is 1.20 bits per heavy atom. The smallest absolute Gasteiger partial charge is 0.317 e. The van der Waals surface area contributed by atoms with Crippen molar-refractivity contribution in [2.75, 3.05) is 13.1 Å². The molecule has 2 atom stereocenters. The lowest BCUT2D eigenvalue weighted by atomic mass is 9.89. The molecule has 1 fully saturated rings. The first-order chi connectivity index (χ1) is 9.50. The van der Waals surface area contributed by atoms with Gasteiger partial charge in [0.15, 0.2) is 0 Å². The van der Waals surface area contributed by atoms with Crippen LogP contribution in [0.2, 0.25) is 0 Å². The molecular weight excluding hydrogens is 263 g/mol. The van der Waals surface area contributed by atoms with Crippen LogP contribution in [0, 0.1) is 11.8 Å². The average molecular weight is 285 g/mol. The highest BCUT2D eigenvalue weighted by atomic mass is 19.4. The topological polar surface area (TPSA) is 12.0 Å². The Bertz CT molecular complexity index is 428. The van der Waals surface area contributed by atoms with E-state index in [-0.39, 0.29) is 0 Å². The van der Waals surface area contributed by atoms with E-state index in [0.29, 0.717) is 11.8 Å². The third-order valence-electron chi connectivity index (χ3n) is 4.23. The fourth-order valence-electron chi connectivity index (χ4n) is 3.16. The second-order valence-electron chi connectivity index (χ2n) is 5.66. The molecule has 1 saturated carbocycles. The van der Waals surface area contributed by atoms with Gasteiger partial charge in [0, 0.05) is 0 Å². The van der Waals surface area contributed by atoms with Gasteiger partial charge >= 0.3 is 6.18 Å². The summed E-state index contributed by atoms with van der Waals surface area (Å²) in [5.41, 5.74) is 0.282. The van der Waals surface area contributed by atoms with Crippen LogP contribution in [0.1, 0.15) is 37.3 Å². The lowest BCUT2D eigenvalue weighted by Crippen LogP contribution is -2.26. The summed E-state index contributed by atoms with van der Waals surface area (Å²) in [5, 5.41) is 3.36. The molecule has 0 bridgehead atoms. The molecule has 1 aliphatic carbocycles. The summed E-state index contributed by atoms with van der Waals surface area (Å²) < 4.78 is 38.1. The van der Waals surface area contributed by atoms with E-state index in [4.69, 9.17) is 0 Å². The third kappa shape index (κ3) is 3.98. The number of hydrogen-bond donors (Lipinski definition) is 1. The van der Waals surface area contributed by atoms with Gasteiger partial charge in [0.1, 0.15) is 0 Å². The second kappa shape index (κ2) is 6.61. The Morgan fingerprint density at radius 3 is 2.65 bits per heavy atom. The van der Waals surface area contributed by atoms with E-state index in [9.17, 15) is 13.2 Å². The molecule has 2 rings (SSSR count). The van der Waals surface area contributed by atoms with Crippen molar-refractivity contribution in [3.63, 3.8) is 0 Å². The molecular formula is C16H22F3N. The van der Waals surface area contributed by atoms with Crippen LogP contribution in [0.25, 0.3) is 0 Å². The zero-order valence-electron chi connectivity index (χ0n) is 11.8. The van der Waals surface area contributed by atoms with Crippen LogP contribution in [0.15, 0.2) is 24.3 Å². The molecule has 0 radical (unpaired) electrons. The fourth-order valence-corrected chi connectivity index (χ4v) is 3.16. The first-order valence-electron chi connectivity index (χ1n) is 7.37. The molecule has 0 amide bonds. The summed E-state index contributed by atoms with van der Waals surface area (Å²) in [5.74, 6) is 1.11. The minimum atomic E-state index is -4.24. The molecule has 1 aromatic rings. The number of nitrogens with one attached hydrogen (secondary N) is 1. The fraction of sp³-hybridized carbons (Fsp3) is 0.625. The predicted molar refractivity (Wildman–Crippen MR) is 74.5 cm³/mol. The van der Waals surface area contributed by atoms with E-state index in [1.54, 1.807) is 0 Å². The Balaban J connectivity index is 2.02. The van der Waals surface area contributed by atoms with E-state index in [0.717, 1.165) is 37.6 Å². The van der Waals surface area contributed by atoms with Crippen molar-refractivity contribution in [3.8, 4) is 0 Å². The number of hydrogen-bond acceptors (Lipinski definition) is 1. The maximum Gasteiger partial charge on any atom is 0.416 e. The van der Waals surface area contributed by atoms with Crippen LogP contribution in [0.3, 0.4) is 0 Å². The molecule has 112 valence electrons. The molecule has 0 spiro atoms. The van der Waals surface area contributed by atoms with Gasteiger partial charge in [0.25, 0.3) is 0 Å². The predicted octanol–water partition coefficient (Wildman–Crippen LogP) is 4.27. The maximum atomic E-state index is 12.7. The van der Waals surface area contributed by atoms with Crippen LogP contribution in [0.5, 0.6) is 0 Å². The largest absolute Gasteiger partial charge is 0.416 e. The van der Waals surface area contributed by atoms with Crippen molar-refractivity contribution >= 4 is 0 Å². The van der Waals surface area contributed by atoms with Gasteiger partial charge in [-0.25, -0.2) is 0 Å². The van der Waals surface area contributed by atoms with E-state index in [1.165, 1.54) is 25.0 Å². The number of alkyl halides is 3. The lowest BCUT2D eigenvalue weighted by Gasteiger charge is -2.20. The molecule has 20 heavy (non-hydrogen) atoms. The molecule has 1 N–H and O–H groups in total. The minimum absolute atomic E-state index is 0.512.